The molecule has 4 rings (SSSR count). The highest BCUT2D eigenvalue weighted by atomic mass is 32.2. The van der Waals surface area contributed by atoms with Crippen molar-refractivity contribution in [3.05, 3.63) is 99.5 Å². The van der Waals surface area contributed by atoms with Crippen LogP contribution in [0.15, 0.2) is 71.6 Å². The molecule has 1 saturated heterocycles. The number of carbonyl (C=O) groups excluding carboxylic acids is 1. The number of carboxylic acids is 1. The number of benzene rings is 3. The van der Waals surface area contributed by atoms with E-state index in [-0.39, 0.29) is 32.9 Å². The molecule has 1 heterocycles. The summed E-state index contributed by atoms with van der Waals surface area (Å²) in [7, 11) is 0. The van der Waals surface area contributed by atoms with Gasteiger partial charge in [-0.05, 0) is 53.1 Å². The predicted molar refractivity (Wildman–Crippen MR) is 150 cm³/mol. The zero-order chi connectivity index (χ0) is 30.7. The van der Waals surface area contributed by atoms with Crippen LogP contribution in [-0.4, -0.2) is 32.7 Å². The number of hydrogen-bond donors (Lipinski definition) is 1. The van der Waals surface area contributed by atoms with Crippen molar-refractivity contribution in [2.24, 2.45) is 0 Å². The number of thioether (sulfide) groups is 1. The van der Waals surface area contributed by atoms with E-state index in [1.54, 1.807) is 18.2 Å². The molecule has 0 unspecified atom stereocenters. The maximum atomic E-state index is 13.9. The van der Waals surface area contributed by atoms with Gasteiger partial charge in [0.05, 0.1) is 10.5 Å². The largest absolute Gasteiger partial charge is 0.485 e. The maximum absolute atomic E-state index is 13.9. The predicted octanol–water partition coefficient (Wildman–Crippen LogP) is 7.26. The van der Waals surface area contributed by atoms with E-state index in [1.165, 1.54) is 18.2 Å². The van der Waals surface area contributed by atoms with Crippen LogP contribution in [0, 0.1) is 0 Å². The SMILES string of the molecule is CC(F)(F)c1cc(COc2ccc(/C=C3\SC(=S)N(CC(=O)O)C3=O)cc2OCc2ccccc2)cc(C(F)(F)F)c1. The Labute approximate surface area is 246 Å². The second kappa shape index (κ2) is 12.5. The number of ether oxygens (including phenoxy) is 2. The smallest absolute Gasteiger partial charge is 0.416 e. The van der Waals surface area contributed by atoms with Crippen molar-refractivity contribution < 1.29 is 46.1 Å². The first kappa shape index (κ1) is 31.0. The molecule has 0 radical (unpaired) electrons. The van der Waals surface area contributed by atoms with E-state index in [0.29, 0.717) is 18.6 Å². The molecular weight excluding hydrogens is 601 g/mol. The third-order valence-corrected chi connectivity index (χ3v) is 7.27. The Balaban J connectivity index is 1.63. The van der Waals surface area contributed by atoms with Crippen LogP contribution in [0.1, 0.15) is 34.7 Å². The molecule has 42 heavy (non-hydrogen) atoms. The molecule has 3 aromatic rings. The molecule has 1 fully saturated rings. The number of halogens is 5. The van der Waals surface area contributed by atoms with Gasteiger partial charge in [-0.15, -0.1) is 0 Å². The number of amides is 1. The first-order chi connectivity index (χ1) is 19.7. The number of carboxylic acid groups (broad SMARTS) is 1. The van der Waals surface area contributed by atoms with Gasteiger partial charge in [0.1, 0.15) is 24.1 Å². The van der Waals surface area contributed by atoms with Crippen LogP contribution in [0.25, 0.3) is 6.08 Å². The highest BCUT2D eigenvalue weighted by molar-refractivity contribution is 8.26. The average Bonchev–Trinajstić information content (AvgIpc) is 3.17. The molecule has 1 aliphatic rings. The normalized spacial score (nSPS) is 14.9. The van der Waals surface area contributed by atoms with Gasteiger partial charge in [-0.3, -0.25) is 14.5 Å². The number of aliphatic carboxylic acids is 1. The molecule has 0 bridgehead atoms. The number of rotatable bonds is 10. The van der Waals surface area contributed by atoms with Crippen LogP contribution >= 0.6 is 24.0 Å². The van der Waals surface area contributed by atoms with Crippen LogP contribution in [0.3, 0.4) is 0 Å². The Hall–Kier alpha value is -3.97. The molecule has 0 aromatic heterocycles. The van der Waals surface area contributed by atoms with Gasteiger partial charge >= 0.3 is 12.1 Å². The minimum absolute atomic E-state index is 0.0901. The summed E-state index contributed by atoms with van der Waals surface area (Å²) in [5.41, 5.74) is -0.880. The van der Waals surface area contributed by atoms with Crippen molar-refractivity contribution in [1.82, 2.24) is 4.90 Å². The van der Waals surface area contributed by atoms with Crippen molar-refractivity contribution in [3.8, 4) is 11.5 Å². The first-order valence-corrected chi connectivity index (χ1v) is 13.4. The second-order valence-electron chi connectivity index (χ2n) is 9.24. The number of hydrogen-bond acceptors (Lipinski definition) is 6. The monoisotopic (exact) mass is 623 g/mol. The van der Waals surface area contributed by atoms with Crippen LogP contribution in [-0.2, 0) is 34.9 Å². The van der Waals surface area contributed by atoms with E-state index in [0.717, 1.165) is 34.4 Å². The van der Waals surface area contributed by atoms with Crippen molar-refractivity contribution in [2.75, 3.05) is 6.54 Å². The third-order valence-electron chi connectivity index (χ3n) is 5.89. The Morgan fingerprint density at radius 2 is 1.57 bits per heavy atom. The molecular formula is C29H22F5NO5S2. The van der Waals surface area contributed by atoms with E-state index in [4.69, 9.17) is 26.8 Å². The Bertz CT molecular complexity index is 1510. The summed E-state index contributed by atoms with van der Waals surface area (Å²) < 4.78 is 79.8. The zero-order valence-electron chi connectivity index (χ0n) is 21.8. The lowest BCUT2D eigenvalue weighted by molar-refractivity contribution is -0.140. The van der Waals surface area contributed by atoms with E-state index < -0.39 is 48.3 Å². The van der Waals surface area contributed by atoms with Gasteiger partial charge < -0.3 is 14.6 Å². The van der Waals surface area contributed by atoms with Gasteiger partial charge in [0.15, 0.2) is 11.5 Å². The summed E-state index contributed by atoms with van der Waals surface area (Å²) in [6, 6.07) is 15.7. The highest BCUT2D eigenvalue weighted by Gasteiger charge is 2.35. The number of thiocarbonyl (C=S) groups is 1. The Morgan fingerprint density at radius 1 is 0.929 bits per heavy atom. The minimum atomic E-state index is -4.84. The standard InChI is InChI=1S/C29H22F5NO5S2/c1-28(30,31)20-9-19(10-21(13-20)29(32,33)34)16-39-22-8-7-18(11-23(22)40-15-17-5-3-2-4-6-17)12-24-26(38)35(14-25(36)37)27(41)42-24/h2-13H,14-16H2,1H3,(H,36,37)/b24-12-. The van der Waals surface area contributed by atoms with E-state index >= 15 is 0 Å². The molecule has 1 aliphatic heterocycles. The molecule has 0 aliphatic carbocycles. The Morgan fingerprint density at radius 3 is 2.21 bits per heavy atom. The topological polar surface area (TPSA) is 76.1 Å². The van der Waals surface area contributed by atoms with Gasteiger partial charge in [0.2, 0.25) is 0 Å². The van der Waals surface area contributed by atoms with Crippen LogP contribution in [0.2, 0.25) is 0 Å². The fourth-order valence-electron chi connectivity index (χ4n) is 3.86. The van der Waals surface area contributed by atoms with Gasteiger partial charge in [-0.25, -0.2) is 8.78 Å². The summed E-state index contributed by atoms with van der Waals surface area (Å²) >= 11 is 6.05. The first-order valence-electron chi connectivity index (χ1n) is 12.2. The third kappa shape index (κ3) is 7.85. The fraction of sp³-hybridized carbons (Fsp3) is 0.207. The van der Waals surface area contributed by atoms with Gasteiger partial charge in [0, 0.05) is 12.5 Å². The molecule has 1 N–H and O–H groups in total. The Kier molecular flexibility index (Phi) is 9.21. The molecule has 6 nitrogen and oxygen atoms in total. The van der Waals surface area contributed by atoms with Crippen LogP contribution in [0.5, 0.6) is 11.5 Å². The molecule has 3 aromatic carbocycles. The lowest BCUT2D eigenvalue weighted by Gasteiger charge is -2.18. The van der Waals surface area contributed by atoms with Crippen molar-refractivity contribution in [3.63, 3.8) is 0 Å². The molecule has 13 heteroatoms. The number of nitrogens with zero attached hydrogens (tertiary/aromatic N) is 1. The highest BCUT2D eigenvalue weighted by Crippen LogP contribution is 2.37. The van der Waals surface area contributed by atoms with Crippen LogP contribution < -0.4 is 9.47 Å². The summed E-state index contributed by atoms with van der Waals surface area (Å²) in [6.45, 7) is -0.447. The van der Waals surface area contributed by atoms with Crippen molar-refractivity contribution in [2.45, 2.75) is 32.2 Å². The molecule has 0 atom stereocenters. The summed E-state index contributed by atoms with van der Waals surface area (Å²) in [5.74, 6) is -5.02. The summed E-state index contributed by atoms with van der Waals surface area (Å²) in [6.07, 6.45) is -3.35. The molecule has 1 amide bonds. The summed E-state index contributed by atoms with van der Waals surface area (Å²) in [4.78, 5) is 24.9. The quantitative estimate of drug-likeness (QED) is 0.145. The summed E-state index contributed by atoms with van der Waals surface area (Å²) in [5, 5.41) is 9.04. The van der Waals surface area contributed by atoms with Gasteiger partial charge in [-0.1, -0.05) is 60.4 Å². The molecule has 0 spiro atoms. The van der Waals surface area contributed by atoms with E-state index in [9.17, 15) is 31.5 Å². The average molecular weight is 624 g/mol. The molecule has 0 saturated carbocycles. The minimum Gasteiger partial charge on any atom is -0.485 e. The number of alkyl halides is 5. The maximum Gasteiger partial charge on any atom is 0.416 e. The van der Waals surface area contributed by atoms with E-state index in [2.05, 4.69) is 0 Å². The lowest BCUT2D eigenvalue weighted by Crippen LogP contribution is -2.33. The van der Waals surface area contributed by atoms with Gasteiger partial charge in [-0.2, -0.15) is 13.2 Å². The number of carbonyl (C=O) groups is 2. The van der Waals surface area contributed by atoms with Crippen molar-refractivity contribution in [1.29, 1.82) is 0 Å². The zero-order valence-corrected chi connectivity index (χ0v) is 23.4. The van der Waals surface area contributed by atoms with E-state index in [1.807, 2.05) is 18.2 Å². The van der Waals surface area contributed by atoms with Crippen molar-refractivity contribution >= 4 is 46.3 Å². The van der Waals surface area contributed by atoms with Crippen LogP contribution in [0.4, 0.5) is 22.0 Å². The second-order valence-corrected chi connectivity index (χ2v) is 10.9. The van der Waals surface area contributed by atoms with Gasteiger partial charge in [0.25, 0.3) is 11.8 Å². The lowest BCUT2D eigenvalue weighted by atomic mass is 10.0. The molecule has 220 valence electrons. The fourth-order valence-corrected chi connectivity index (χ4v) is 5.11.